The number of piperidine rings is 1. The number of nitrogens with zero attached hydrogens (tertiary/aromatic N) is 4. The van der Waals surface area contributed by atoms with Gasteiger partial charge in [-0.25, -0.2) is 0 Å². The minimum Gasteiger partial charge on any atom is -0.507 e. The fourth-order valence-electron chi connectivity index (χ4n) is 5.06. The Bertz CT molecular complexity index is 966. The Morgan fingerprint density at radius 1 is 1.10 bits per heavy atom. The van der Waals surface area contributed by atoms with Crippen LogP contribution in [0, 0.1) is 12.8 Å². The molecule has 2 aromatic rings. The second kappa shape index (κ2) is 7.65. The summed E-state index contributed by atoms with van der Waals surface area (Å²) in [5.41, 5.74) is 1.25. The third-order valence-electron chi connectivity index (χ3n) is 6.78. The van der Waals surface area contributed by atoms with E-state index in [1.54, 1.807) is 6.92 Å². The summed E-state index contributed by atoms with van der Waals surface area (Å²) in [6.07, 6.45) is 1.38. The molecule has 31 heavy (non-hydrogen) atoms. The topological polar surface area (TPSA) is 52.5 Å². The molecule has 5 nitrogen and oxygen atoms in total. The van der Waals surface area contributed by atoms with Crippen LogP contribution in [-0.2, 0) is 12.6 Å². The quantitative estimate of drug-likeness (QED) is 0.776. The van der Waals surface area contributed by atoms with Crippen molar-refractivity contribution in [3.05, 3.63) is 34.9 Å². The van der Waals surface area contributed by atoms with Crippen LogP contribution < -0.4 is 4.90 Å². The summed E-state index contributed by atoms with van der Waals surface area (Å²) in [5, 5.41) is 19.1. The summed E-state index contributed by atoms with van der Waals surface area (Å²) >= 11 is 0. The predicted molar refractivity (Wildman–Crippen MR) is 112 cm³/mol. The number of hydrogen-bond donors (Lipinski definition) is 1. The number of aromatic hydroxyl groups is 1. The summed E-state index contributed by atoms with van der Waals surface area (Å²) in [6, 6.07) is 4.12. The molecular weight excluding hydrogens is 405 g/mol. The number of fused-ring (bicyclic) bond motifs is 1. The highest BCUT2D eigenvalue weighted by molar-refractivity contribution is 5.73. The monoisotopic (exact) mass is 432 g/mol. The second-order valence-electron chi connectivity index (χ2n) is 9.21. The molecule has 1 aromatic carbocycles. The van der Waals surface area contributed by atoms with E-state index < -0.39 is 17.5 Å². The number of phenols is 1. The van der Waals surface area contributed by atoms with Gasteiger partial charge in [0.25, 0.3) is 0 Å². The average Bonchev–Trinajstić information content (AvgIpc) is 3.42. The van der Waals surface area contributed by atoms with Gasteiger partial charge in [0.05, 0.1) is 11.3 Å². The zero-order chi connectivity index (χ0) is 21.8. The number of rotatable bonds is 4. The first-order chi connectivity index (χ1) is 14.8. The van der Waals surface area contributed by atoms with Crippen LogP contribution in [0.1, 0.15) is 42.4 Å². The van der Waals surface area contributed by atoms with Crippen molar-refractivity contribution >= 4 is 5.82 Å². The number of halogens is 3. The van der Waals surface area contributed by atoms with Crippen molar-refractivity contribution in [2.45, 2.75) is 51.2 Å². The van der Waals surface area contributed by atoms with Gasteiger partial charge in [0, 0.05) is 36.8 Å². The van der Waals surface area contributed by atoms with Crippen molar-refractivity contribution in [1.29, 1.82) is 0 Å². The van der Waals surface area contributed by atoms with Gasteiger partial charge in [-0.05, 0) is 75.3 Å². The first kappa shape index (κ1) is 20.5. The smallest absolute Gasteiger partial charge is 0.416 e. The zero-order valence-corrected chi connectivity index (χ0v) is 17.6. The van der Waals surface area contributed by atoms with Gasteiger partial charge >= 0.3 is 6.18 Å². The first-order valence-electron chi connectivity index (χ1n) is 11.1. The molecule has 0 radical (unpaired) electrons. The van der Waals surface area contributed by atoms with Crippen LogP contribution in [0.25, 0.3) is 11.3 Å². The lowest BCUT2D eigenvalue weighted by Gasteiger charge is -2.38. The third kappa shape index (κ3) is 4.10. The molecule has 1 saturated heterocycles. The van der Waals surface area contributed by atoms with E-state index >= 15 is 0 Å². The van der Waals surface area contributed by atoms with Gasteiger partial charge < -0.3 is 14.9 Å². The normalized spacial score (nSPS) is 22.1. The molecule has 0 amide bonds. The maximum Gasteiger partial charge on any atom is 0.416 e. The molecule has 2 fully saturated rings. The van der Waals surface area contributed by atoms with Crippen LogP contribution in [0.4, 0.5) is 19.0 Å². The average molecular weight is 432 g/mol. The molecule has 1 saturated carbocycles. The number of likely N-dealkylation sites (tertiary alicyclic amines) is 1. The molecule has 1 N–H and O–H groups in total. The number of benzene rings is 1. The Morgan fingerprint density at radius 3 is 2.61 bits per heavy atom. The lowest BCUT2D eigenvalue weighted by molar-refractivity contribution is -0.137. The van der Waals surface area contributed by atoms with E-state index in [0.29, 0.717) is 22.9 Å². The van der Waals surface area contributed by atoms with Crippen LogP contribution in [0.15, 0.2) is 18.2 Å². The molecule has 2 aliphatic heterocycles. The van der Waals surface area contributed by atoms with E-state index in [1.165, 1.54) is 32.4 Å². The summed E-state index contributed by atoms with van der Waals surface area (Å²) in [5.74, 6) is 1.34. The van der Waals surface area contributed by atoms with Gasteiger partial charge in [-0.15, -0.1) is 10.2 Å². The molecule has 0 spiro atoms. The van der Waals surface area contributed by atoms with Gasteiger partial charge in [-0.3, -0.25) is 0 Å². The fraction of sp³-hybridized carbons (Fsp3) is 0.565. The Hall–Kier alpha value is -2.35. The molecule has 1 aliphatic carbocycles. The molecule has 0 bridgehead atoms. The van der Waals surface area contributed by atoms with Crippen LogP contribution in [0.3, 0.4) is 0 Å². The third-order valence-corrected chi connectivity index (χ3v) is 6.78. The van der Waals surface area contributed by atoms with E-state index in [0.717, 1.165) is 55.4 Å². The lowest BCUT2D eigenvalue weighted by atomic mass is 9.99. The summed E-state index contributed by atoms with van der Waals surface area (Å²) < 4.78 is 39.1. The first-order valence-corrected chi connectivity index (χ1v) is 11.1. The fourth-order valence-corrected chi connectivity index (χ4v) is 5.06. The highest BCUT2D eigenvalue weighted by atomic mass is 19.4. The van der Waals surface area contributed by atoms with Gasteiger partial charge in [0.1, 0.15) is 5.75 Å². The molecule has 1 aromatic heterocycles. The lowest BCUT2D eigenvalue weighted by Crippen LogP contribution is -2.48. The maximum atomic E-state index is 13.0. The number of phenolic OH excluding ortho intramolecular Hbond substituents is 1. The van der Waals surface area contributed by atoms with Crippen LogP contribution in [0.2, 0.25) is 0 Å². The molecule has 1 atom stereocenters. The highest BCUT2D eigenvalue weighted by Gasteiger charge is 2.35. The predicted octanol–water partition coefficient (Wildman–Crippen LogP) is 4.41. The van der Waals surface area contributed by atoms with E-state index in [9.17, 15) is 18.3 Å². The number of aryl methyl sites for hydroxylation is 1. The number of alkyl halides is 3. The minimum atomic E-state index is -4.50. The van der Waals surface area contributed by atoms with Gasteiger partial charge in [0.2, 0.25) is 0 Å². The standard InChI is InChI=1S/C23H27F3N4O/c1-14-9-17(23(24,25)26)11-20(31)21(14)19-10-16-6-8-30(22(16)28-27-19)18-3-2-7-29(13-18)12-15-4-5-15/h9-11,15,18,31H,2-8,12-13H2,1H3/t18-/m1/s1. The molecule has 8 heteroatoms. The molecule has 5 rings (SSSR count). The Morgan fingerprint density at radius 2 is 1.90 bits per heavy atom. The van der Waals surface area contributed by atoms with E-state index in [-0.39, 0.29) is 0 Å². The van der Waals surface area contributed by atoms with Crippen molar-refractivity contribution in [2.75, 3.05) is 31.1 Å². The molecule has 3 heterocycles. The summed E-state index contributed by atoms with van der Waals surface area (Å²) in [6.45, 7) is 5.87. The van der Waals surface area contributed by atoms with Crippen LogP contribution >= 0.6 is 0 Å². The summed E-state index contributed by atoms with van der Waals surface area (Å²) in [4.78, 5) is 4.93. The SMILES string of the molecule is Cc1cc(C(F)(F)F)cc(O)c1-c1cc2c(nn1)N([C@@H]1CCCN(CC3CC3)C1)CC2. The van der Waals surface area contributed by atoms with Crippen molar-refractivity contribution in [1.82, 2.24) is 15.1 Å². The number of anilines is 1. The van der Waals surface area contributed by atoms with Gasteiger partial charge in [-0.1, -0.05) is 0 Å². The largest absolute Gasteiger partial charge is 0.507 e. The van der Waals surface area contributed by atoms with Crippen molar-refractivity contribution in [2.24, 2.45) is 5.92 Å². The van der Waals surface area contributed by atoms with Gasteiger partial charge in [-0.2, -0.15) is 13.2 Å². The van der Waals surface area contributed by atoms with Gasteiger partial charge in [0.15, 0.2) is 5.82 Å². The van der Waals surface area contributed by atoms with Crippen molar-refractivity contribution < 1.29 is 18.3 Å². The Labute approximate surface area is 179 Å². The molecule has 3 aliphatic rings. The molecule has 166 valence electrons. The highest BCUT2D eigenvalue weighted by Crippen LogP contribution is 2.40. The molecule has 0 unspecified atom stereocenters. The van der Waals surface area contributed by atoms with E-state index in [4.69, 9.17) is 0 Å². The van der Waals surface area contributed by atoms with Crippen molar-refractivity contribution in [3.63, 3.8) is 0 Å². The van der Waals surface area contributed by atoms with Crippen LogP contribution in [-0.4, -0.2) is 52.4 Å². The molecular formula is C23H27F3N4O. The number of hydrogen-bond acceptors (Lipinski definition) is 5. The second-order valence-corrected chi connectivity index (χ2v) is 9.21. The van der Waals surface area contributed by atoms with Crippen molar-refractivity contribution in [3.8, 4) is 17.0 Å². The summed E-state index contributed by atoms with van der Waals surface area (Å²) in [7, 11) is 0. The van der Waals surface area contributed by atoms with E-state index in [1.807, 2.05) is 6.07 Å². The number of aromatic nitrogens is 2. The Balaban J connectivity index is 1.38. The maximum absolute atomic E-state index is 13.0. The van der Waals surface area contributed by atoms with E-state index in [2.05, 4.69) is 20.0 Å². The zero-order valence-electron chi connectivity index (χ0n) is 17.6. The Kier molecular flexibility index (Phi) is 5.07. The van der Waals surface area contributed by atoms with Crippen LogP contribution in [0.5, 0.6) is 5.75 Å². The minimum absolute atomic E-state index is 0.315.